The number of likely N-dealkylation sites (N-methyl/N-ethyl adjacent to an activating group) is 1. The molecule has 2 saturated heterocycles. The van der Waals surface area contributed by atoms with Gasteiger partial charge in [-0.2, -0.15) is 0 Å². The first-order chi connectivity index (χ1) is 17.5. The monoisotopic (exact) mass is 621 g/mol. The molecule has 0 aromatic heterocycles. The molecular weight excluding hydrogens is 582 g/mol. The number of aliphatic hydroxyl groups excluding tert-OH is 1. The normalized spacial score (nSPS) is 32.6. The van der Waals surface area contributed by atoms with Crippen molar-refractivity contribution in [1.29, 1.82) is 0 Å². The molecule has 3 aliphatic heterocycles. The topological polar surface area (TPSA) is 102 Å². The number of carboxylic acids is 1. The molecule has 0 amide bonds. The maximum absolute atomic E-state index is 12.8. The van der Waals surface area contributed by atoms with Crippen molar-refractivity contribution in [3.05, 3.63) is 34.4 Å². The Kier molecular flexibility index (Phi) is 10.8. The van der Waals surface area contributed by atoms with Gasteiger partial charge in [-0.05, 0) is 38.5 Å². The molecule has 2 fully saturated rings. The van der Waals surface area contributed by atoms with Crippen LogP contribution in [0.15, 0.2) is 39.4 Å². The van der Waals surface area contributed by atoms with E-state index in [0.29, 0.717) is 10.8 Å². The van der Waals surface area contributed by atoms with Crippen LogP contribution in [0.2, 0.25) is 0 Å². The largest absolute Gasteiger partial charge is 0.479 e. The Morgan fingerprint density at radius 2 is 2.05 bits per heavy atom. The van der Waals surface area contributed by atoms with Gasteiger partial charge in [-0.25, -0.2) is 4.79 Å². The second kappa shape index (κ2) is 12.9. The number of allylic oxidation sites excluding steroid dienone is 5. The van der Waals surface area contributed by atoms with E-state index < -0.39 is 23.0 Å². The minimum atomic E-state index is -1.14. The molecule has 0 bridgehead atoms. The average Bonchev–Trinajstić information content (AvgIpc) is 3.58. The van der Waals surface area contributed by atoms with Gasteiger partial charge in [0.25, 0.3) is 0 Å². The van der Waals surface area contributed by atoms with Crippen LogP contribution in [0.1, 0.15) is 53.4 Å². The number of ketones is 1. The van der Waals surface area contributed by atoms with Crippen molar-refractivity contribution in [2.45, 2.75) is 82.5 Å². The average molecular weight is 622 g/mol. The molecule has 0 radical (unpaired) electrons. The summed E-state index contributed by atoms with van der Waals surface area (Å²) in [7, 11) is 2.06. The quantitative estimate of drug-likeness (QED) is 0.198. The SMILES string of the molecule is CCCCCC1=CC=CC(=O)/C1=C1\N[C@@H]([C@H]2SC[C@@H]([C@@H](O)C(C)(C)C3=N[C@@](C)(C(=O)O)CS3)N2C)CS1.[Fe]. The van der Waals surface area contributed by atoms with Crippen LogP contribution in [0.5, 0.6) is 0 Å². The summed E-state index contributed by atoms with van der Waals surface area (Å²) in [5, 5.41) is 26.6. The van der Waals surface area contributed by atoms with Crippen molar-refractivity contribution >= 4 is 52.1 Å². The predicted octanol–water partition coefficient (Wildman–Crippen LogP) is 4.30. The first-order valence-electron chi connectivity index (χ1n) is 13.0. The van der Waals surface area contributed by atoms with E-state index >= 15 is 0 Å². The molecule has 4 rings (SSSR count). The fourth-order valence-electron chi connectivity index (χ4n) is 5.21. The van der Waals surface area contributed by atoms with Gasteiger partial charge >= 0.3 is 5.97 Å². The number of thioether (sulfide) groups is 3. The molecule has 0 aromatic carbocycles. The second-order valence-corrected chi connectivity index (χ2v) is 14.2. The van der Waals surface area contributed by atoms with Gasteiger partial charge in [0.2, 0.25) is 0 Å². The third kappa shape index (κ3) is 6.29. The predicted molar refractivity (Wildman–Crippen MR) is 156 cm³/mol. The Balaban J connectivity index is 0.00000400. The summed E-state index contributed by atoms with van der Waals surface area (Å²) in [6, 6.07) is 0.0733. The first kappa shape index (κ1) is 31.8. The molecule has 3 N–H and O–H groups in total. The maximum atomic E-state index is 12.8. The van der Waals surface area contributed by atoms with Crippen molar-refractivity contribution in [2.24, 2.45) is 10.4 Å². The van der Waals surface area contributed by atoms with Crippen molar-refractivity contribution < 1.29 is 36.9 Å². The van der Waals surface area contributed by atoms with Gasteiger partial charge in [0.05, 0.1) is 33.2 Å². The van der Waals surface area contributed by atoms with Gasteiger partial charge < -0.3 is 15.5 Å². The minimum Gasteiger partial charge on any atom is -0.479 e. The summed E-state index contributed by atoms with van der Waals surface area (Å²) in [5.41, 5.74) is 0.158. The van der Waals surface area contributed by atoms with E-state index in [9.17, 15) is 19.8 Å². The molecular formula is C27H39FeN3O4S3. The number of nitrogens with zero attached hydrogens (tertiary/aromatic N) is 2. The van der Waals surface area contributed by atoms with Gasteiger partial charge in [0.1, 0.15) is 0 Å². The van der Waals surface area contributed by atoms with E-state index in [2.05, 4.69) is 35.3 Å². The fourth-order valence-corrected chi connectivity index (χ4v) is 9.52. The Morgan fingerprint density at radius 3 is 2.71 bits per heavy atom. The van der Waals surface area contributed by atoms with Crippen LogP contribution in [0.3, 0.4) is 0 Å². The van der Waals surface area contributed by atoms with Crippen molar-refractivity contribution in [2.75, 3.05) is 24.3 Å². The number of carbonyl (C=O) groups excluding carboxylic acids is 1. The number of carboxylic acid groups (broad SMARTS) is 1. The number of aliphatic carboxylic acids is 1. The van der Waals surface area contributed by atoms with Gasteiger partial charge in [0, 0.05) is 45.8 Å². The zero-order valence-corrected chi connectivity index (χ0v) is 26.2. The van der Waals surface area contributed by atoms with Crippen LogP contribution < -0.4 is 5.32 Å². The molecule has 0 spiro atoms. The Hall–Kier alpha value is -0.681. The maximum Gasteiger partial charge on any atom is 0.332 e. The number of unbranched alkanes of at least 4 members (excludes halogenated alkanes) is 2. The zero-order valence-electron chi connectivity index (χ0n) is 22.7. The van der Waals surface area contributed by atoms with Crippen molar-refractivity contribution in [1.82, 2.24) is 10.2 Å². The van der Waals surface area contributed by atoms with Gasteiger partial charge in [0.15, 0.2) is 11.3 Å². The Labute approximate surface area is 249 Å². The van der Waals surface area contributed by atoms with Crippen LogP contribution >= 0.6 is 35.3 Å². The smallest absolute Gasteiger partial charge is 0.332 e. The molecule has 212 valence electrons. The second-order valence-electron chi connectivity index (χ2n) is 11.0. The Bertz CT molecular complexity index is 1060. The van der Waals surface area contributed by atoms with E-state index in [-0.39, 0.29) is 40.3 Å². The number of nitrogens with one attached hydrogen (secondary N) is 1. The van der Waals surface area contributed by atoms with Crippen molar-refractivity contribution in [3.8, 4) is 0 Å². The van der Waals surface area contributed by atoms with E-state index in [4.69, 9.17) is 0 Å². The number of aliphatic hydroxyl groups is 1. The number of hydrogen-bond acceptors (Lipinski definition) is 9. The summed E-state index contributed by atoms with van der Waals surface area (Å²) in [5.74, 6) is 1.17. The standard InChI is InChI=1S/C27H39N3O4S3.Fe/c1-6-7-8-10-16-11-9-12-19(31)20(16)22-28-17(13-35-22)23-30(5)18(14-36-23)21(32)26(2,3)24-29-27(4,15-37-24)25(33)34;/h9,11-12,17-18,21,23,28,32H,6-8,10,13-15H2,1-5H3,(H,33,34);/b22-20+;/t17-,18+,21-,23-,27-;/m1./s1. The molecule has 1 aliphatic carbocycles. The molecule has 7 nitrogen and oxygen atoms in total. The number of rotatable bonds is 9. The van der Waals surface area contributed by atoms with E-state index in [0.717, 1.165) is 53.4 Å². The first-order valence-corrected chi connectivity index (χ1v) is 16.0. The summed E-state index contributed by atoms with van der Waals surface area (Å²) >= 11 is 4.99. The molecule has 5 atom stereocenters. The van der Waals surface area contributed by atoms with Gasteiger partial charge in [-0.1, -0.05) is 45.8 Å². The summed E-state index contributed by atoms with van der Waals surface area (Å²) < 4.78 is 0. The van der Waals surface area contributed by atoms with Gasteiger partial charge in [-0.15, -0.1) is 35.3 Å². The molecule has 3 heterocycles. The number of carbonyl (C=O) groups is 2. The van der Waals surface area contributed by atoms with Crippen LogP contribution in [-0.4, -0.2) is 85.3 Å². The number of aliphatic imine (C=N–C) groups is 1. The van der Waals surface area contributed by atoms with Crippen LogP contribution in [0.4, 0.5) is 0 Å². The summed E-state index contributed by atoms with van der Waals surface area (Å²) in [6.45, 7) is 7.75. The van der Waals surface area contributed by atoms with Crippen molar-refractivity contribution in [3.63, 3.8) is 0 Å². The van der Waals surface area contributed by atoms with E-state index in [1.807, 2.05) is 31.7 Å². The molecule has 4 aliphatic rings. The van der Waals surface area contributed by atoms with E-state index in [1.165, 1.54) is 11.8 Å². The molecule has 38 heavy (non-hydrogen) atoms. The number of hydrogen-bond donors (Lipinski definition) is 3. The third-order valence-corrected chi connectivity index (χ3v) is 12.0. The Morgan fingerprint density at radius 1 is 1.32 bits per heavy atom. The molecule has 11 heteroatoms. The molecule has 0 saturated carbocycles. The minimum absolute atomic E-state index is 0. The zero-order chi connectivity index (χ0) is 27.0. The summed E-state index contributed by atoms with van der Waals surface area (Å²) in [6.07, 6.45) is 9.22. The van der Waals surface area contributed by atoms with Crippen LogP contribution in [0, 0.1) is 5.41 Å². The fraction of sp³-hybridized carbons (Fsp3) is 0.667. The third-order valence-electron chi connectivity index (χ3n) is 7.77. The molecule has 0 aromatic rings. The van der Waals surface area contributed by atoms with Crippen LogP contribution in [0.25, 0.3) is 0 Å². The van der Waals surface area contributed by atoms with Gasteiger partial charge in [-0.3, -0.25) is 14.7 Å². The van der Waals surface area contributed by atoms with E-state index in [1.54, 1.807) is 24.8 Å². The molecule has 0 unspecified atom stereocenters. The van der Waals surface area contributed by atoms with Crippen LogP contribution in [-0.2, 0) is 26.7 Å². The summed E-state index contributed by atoms with van der Waals surface area (Å²) in [4.78, 5) is 31.3.